The predicted molar refractivity (Wildman–Crippen MR) is 63.2 cm³/mol. The Kier molecular flexibility index (Phi) is 3.93. The van der Waals surface area contributed by atoms with E-state index in [0.29, 0.717) is 11.7 Å². The summed E-state index contributed by atoms with van der Waals surface area (Å²) in [7, 11) is 0. The molecule has 5 heteroatoms. The number of carboxylic acids is 1. The van der Waals surface area contributed by atoms with E-state index in [1.807, 2.05) is 0 Å². The molecule has 0 amide bonds. The molecule has 0 bridgehead atoms. The normalized spacial score (nSPS) is 19.9. The molecule has 1 aromatic rings. The summed E-state index contributed by atoms with van der Waals surface area (Å²) < 4.78 is 5.38. The van der Waals surface area contributed by atoms with Crippen molar-refractivity contribution in [1.82, 2.24) is 4.98 Å². The largest absolute Gasteiger partial charge is 0.477 e. The first-order chi connectivity index (χ1) is 8.25. The van der Waals surface area contributed by atoms with Crippen molar-refractivity contribution in [2.45, 2.75) is 12.8 Å². The van der Waals surface area contributed by atoms with Crippen LogP contribution in [0.5, 0.6) is 0 Å². The van der Waals surface area contributed by atoms with Crippen molar-refractivity contribution >= 4 is 11.8 Å². The predicted octanol–water partition coefficient (Wildman–Crippen LogP) is 1.62. The minimum atomic E-state index is -1.00. The molecule has 0 aromatic carbocycles. The van der Waals surface area contributed by atoms with Crippen molar-refractivity contribution < 1.29 is 14.6 Å². The molecule has 1 unspecified atom stereocenters. The van der Waals surface area contributed by atoms with Crippen LogP contribution in [0, 0.1) is 5.92 Å². The molecule has 5 nitrogen and oxygen atoms in total. The van der Waals surface area contributed by atoms with Crippen molar-refractivity contribution in [2.24, 2.45) is 5.92 Å². The van der Waals surface area contributed by atoms with Crippen LogP contribution in [0.25, 0.3) is 0 Å². The average molecular weight is 236 g/mol. The topological polar surface area (TPSA) is 71.5 Å². The third-order valence-electron chi connectivity index (χ3n) is 2.79. The van der Waals surface area contributed by atoms with E-state index in [2.05, 4.69) is 10.3 Å². The Labute approximate surface area is 99.8 Å². The first-order valence-electron chi connectivity index (χ1n) is 5.77. The molecule has 2 N–H and O–H groups in total. The van der Waals surface area contributed by atoms with Gasteiger partial charge in [-0.3, -0.25) is 0 Å². The highest BCUT2D eigenvalue weighted by Gasteiger charge is 2.13. The third-order valence-corrected chi connectivity index (χ3v) is 2.79. The van der Waals surface area contributed by atoms with E-state index in [4.69, 9.17) is 9.84 Å². The highest BCUT2D eigenvalue weighted by atomic mass is 16.5. The summed E-state index contributed by atoms with van der Waals surface area (Å²) in [5.41, 5.74) is 0.0647. The molecule has 2 heterocycles. The van der Waals surface area contributed by atoms with E-state index >= 15 is 0 Å². The molecule has 92 valence electrons. The van der Waals surface area contributed by atoms with Crippen LogP contribution in [0.2, 0.25) is 0 Å². The van der Waals surface area contributed by atoms with Gasteiger partial charge in [-0.15, -0.1) is 0 Å². The summed E-state index contributed by atoms with van der Waals surface area (Å²) in [4.78, 5) is 14.8. The zero-order chi connectivity index (χ0) is 12.1. The molecule has 1 atom stereocenters. The van der Waals surface area contributed by atoms with Gasteiger partial charge in [0.2, 0.25) is 0 Å². The lowest BCUT2D eigenvalue weighted by Crippen LogP contribution is -2.24. The highest BCUT2D eigenvalue weighted by molar-refractivity contribution is 5.85. The first kappa shape index (κ1) is 11.9. The molecule has 0 spiro atoms. The molecule has 1 aliphatic heterocycles. The second kappa shape index (κ2) is 5.63. The standard InChI is InChI=1S/C12H16N2O3/c15-12(16)10-4-1-5-11(14-10)13-7-9-3-2-6-17-8-9/h1,4-5,9H,2-3,6-8H2,(H,13,14)(H,15,16). The van der Waals surface area contributed by atoms with E-state index in [1.165, 1.54) is 6.07 Å². The number of aromatic carboxylic acids is 1. The number of hydrogen-bond donors (Lipinski definition) is 2. The van der Waals surface area contributed by atoms with E-state index in [1.54, 1.807) is 12.1 Å². The fourth-order valence-electron chi connectivity index (χ4n) is 1.87. The Balaban J connectivity index is 1.89. The number of ether oxygens (including phenoxy) is 1. The fourth-order valence-corrected chi connectivity index (χ4v) is 1.87. The van der Waals surface area contributed by atoms with Gasteiger partial charge in [0.1, 0.15) is 5.82 Å². The van der Waals surface area contributed by atoms with E-state index < -0.39 is 5.97 Å². The Morgan fingerprint density at radius 2 is 2.47 bits per heavy atom. The van der Waals surface area contributed by atoms with Crippen LogP contribution in [-0.2, 0) is 4.74 Å². The Morgan fingerprint density at radius 1 is 1.59 bits per heavy atom. The van der Waals surface area contributed by atoms with Crippen LogP contribution in [0.4, 0.5) is 5.82 Å². The van der Waals surface area contributed by atoms with E-state index in [9.17, 15) is 4.79 Å². The molecule has 1 saturated heterocycles. The van der Waals surface area contributed by atoms with Gasteiger partial charge in [0.15, 0.2) is 5.69 Å². The molecule has 1 fully saturated rings. The summed E-state index contributed by atoms with van der Waals surface area (Å²) in [5, 5.41) is 12.0. The lowest BCUT2D eigenvalue weighted by molar-refractivity contribution is 0.0594. The SMILES string of the molecule is O=C(O)c1cccc(NCC2CCCOC2)n1. The highest BCUT2D eigenvalue weighted by Crippen LogP contribution is 2.14. The lowest BCUT2D eigenvalue weighted by atomic mass is 10.0. The number of pyridine rings is 1. The summed E-state index contributed by atoms with van der Waals surface area (Å²) in [6, 6.07) is 4.95. The molecular formula is C12H16N2O3. The number of nitrogens with zero attached hydrogens (tertiary/aromatic N) is 1. The molecular weight excluding hydrogens is 220 g/mol. The van der Waals surface area contributed by atoms with Crippen molar-refractivity contribution in [1.29, 1.82) is 0 Å². The van der Waals surface area contributed by atoms with Crippen LogP contribution < -0.4 is 5.32 Å². The fraction of sp³-hybridized carbons (Fsp3) is 0.500. The molecule has 0 aliphatic carbocycles. The maximum absolute atomic E-state index is 10.7. The Morgan fingerprint density at radius 3 is 3.18 bits per heavy atom. The number of anilines is 1. The van der Waals surface area contributed by atoms with Gasteiger partial charge in [-0.1, -0.05) is 6.07 Å². The lowest BCUT2D eigenvalue weighted by Gasteiger charge is -2.22. The van der Waals surface area contributed by atoms with Gasteiger partial charge >= 0.3 is 5.97 Å². The van der Waals surface area contributed by atoms with Crippen molar-refractivity contribution in [3.63, 3.8) is 0 Å². The number of carbonyl (C=O) groups is 1. The van der Waals surface area contributed by atoms with E-state index in [-0.39, 0.29) is 5.69 Å². The van der Waals surface area contributed by atoms with Gasteiger partial charge in [-0.05, 0) is 30.9 Å². The van der Waals surface area contributed by atoms with Crippen molar-refractivity contribution in [3.05, 3.63) is 23.9 Å². The van der Waals surface area contributed by atoms with Gasteiger partial charge in [0, 0.05) is 13.2 Å². The number of nitrogens with one attached hydrogen (secondary N) is 1. The Bertz CT molecular complexity index is 389. The van der Waals surface area contributed by atoms with Crippen LogP contribution >= 0.6 is 0 Å². The zero-order valence-corrected chi connectivity index (χ0v) is 9.56. The first-order valence-corrected chi connectivity index (χ1v) is 5.77. The van der Waals surface area contributed by atoms with Gasteiger partial charge in [-0.25, -0.2) is 9.78 Å². The number of rotatable bonds is 4. The minimum absolute atomic E-state index is 0.0647. The van der Waals surface area contributed by atoms with Gasteiger partial charge < -0.3 is 15.2 Å². The maximum atomic E-state index is 10.7. The number of hydrogen-bond acceptors (Lipinski definition) is 4. The molecule has 2 rings (SSSR count). The summed E-state index contributed by atoms with van der Waals surface area (Å²) >= 11 is 0. The number of carboxylic acid groups (broad SMARTS) is 1. The van der Waals surface area contributed by atoms with Crippen LogP contribution in [-0.4, -0.2) is 35.8 Å². The monoisotopic (exact) mass is 236 g/mol. The minimum Gasteiger partial charge on any atom is -0.477 e. The van der Waals surface area contributed by atoms with E-state index in [0.717, 1.165) is 32.6 Å². The van der Waals surface area contributed by atoms with Crippen LogP contribution in [0.3, 0.4) is 0 Å². The van der Waals surface area contributed by atoms with Crippen molar-refractivity contribution in [2.75, 3.05) is 25.1 Å². The second-order valence-corrected chi connectivity index (χ2v) is 4.18. The molecule has 17 heavy (non-hydrogen) atoms. The molecule has 0 radical (unpaired) electrons. The third kappa shape index (κ3) is 3.42. The maximum Gasteiger partial charge on any atom is 0.354 e. The number of aromatic nitrogens is 1. The molecule has 1 aliphatic rings. The quantitative estimate of drug-likeness (QED) is 0.831. The van der Waals surface area contributed by atoms with Gasteiger partial charge in [0.25, 0.3) is 0 Å². The Hall–Kier alpha value is -1.62. The summed E-state index contributed by atoms with van der Waals surface area (Å²) in [6.07, 6.45) is 2.24. The zero-order valence-electron chi connectivity index (χ0n) is 9.56. The van der Waals surface area contributed by atoms with Gasteiger partial charge in [-0.2, -0.15) is 0 Å². The summed E-state index contributed by atoms with van der Waals surface area (Å²) in [5.74, 6) is 0.0872. The molecule has 1 aromatic heterocycles. The smallest absolute Gasteiger partial charge is 0.354 e. The second-order valence-electron chi connectivity index (χ2n) is 4.18. The molecule has 0 saturated carbocycles. The summed E-state index contributed by atoms with van der Waals surface area (Å²) in [6.45, 7) is 2.39. The average Bonchev–Trinajstić information content (AvgIpc) is 2.38. The van der Waals surface area contributed by atoms with Crippen LogP contribution in [0.1, 0.15) is 23.3 Å². The van der Waals surface area contributed by atoms with Crippen LogP contribution in [0.15, 0.2) is 18.2 Å². The van der Waals surface area contributed by atoms with Gasteiger partial charge in [0.05, 0.1) is 6.61 Å². The van der Waals surface area contributed by atoms with Crippen molar-refractivity contribution in [3.8, 4) is 0 Å².